The number of hydrogen-bond donors (Lipinski definition) is 0. The first-order valence-corrected chi connectivity index (χ1v) is 18.2. The van der Waals surface area contributed by atoms with Crippen molar-refractivity contribution in [1.29, 1.82) is 0 Å². The van der Waals surface area contributed by atoms with Crippen molar-refractivity contribution in [3.63, 3.8) is 0 Å². The fourth-order valence-electron chi connectivity index (χ4n) is 4.25. The molecule has 3 aromatic rings. The first-order valence-electron chi connectivity index (χ1n) is 12.6. The third-order valence-electron chi connectivity index (χ3n) is 6.08. The van der Waals surface area contributed by atoms with Crippen LogP contribution in [-0.2, 0) is 28.6 Å². The molecule has 0 aromatic heterocycles. The van der Waals surface area contributed by atoms with Crippen LogP contribution in [0.15, 0.2) is 113 Å². The van der Waals surface area contributed by atoms with Crippen LogP contribution in [0.5, 0.6) is 5.75 Å². The molecule has 0 aliphatic heterocycles. The molecule has 4 heteroatoms. The Bertz CT molecular complexity index is 1270. The summed E-state index contributed by atoms with van der Waals surface area (Å²) in [5.41, 5.74) is 6.27. The van der Waals surface area contributed by atoms with Gasteiger partial charge in [0.1, 0.15) is 0 Å². The van der Waals surface area contributed by atoms with E-state index in [0.29, 0.717) is 0 Å². The molecule has 0 heterocycles. The molecule has 4 rings (SSSR count). The van der Waals surface area contributed by atoms with E-state index in [-0.39, 0.29) is 0 Å². The standard InChI is InChI=1S/C13H20O2Si.C13H10.C6H7.Ti/c1-11-7-8-12(13(14)10-11)6-5-9-15-16(2,3)4;1-3-7-12(8-4-1)11-13-9-5-2-6-10-13;1-6-4-2-3-5-6;/h5,7-10,14H,6H2,1-4H3;1-10H;2,4H,3H2,1H3;/q;;;+1/p-1. The summed E-state index contributed by atoms with van der Waals surface area (Å²) >= 11 is -2.44. The molecule has 0 radical (unpaired) electrons. The summed E-state index contributed by atoms with van der Waals surface area (Å²) in [5.74, 6) is 0.999. The second-order valence-electron chi connectivity index (χ2n) is 10.2. The first kappa shape index (κ1) is 26.3. The molecule has 1 aliphatic carbocycles. The molecule has 0 N–H and O–H groups in total. The fourth-order valence-corrected chi connectivity index (χ4v) is 8.72. The van der Waals surface area contributed by atoms with E-state index in [1.807, 2.05) is 6.26 Å². The third-order valence-corrected chi connectivity index (χ3v) is 11.0. The van der Waals surface area contributed by atoms with Crippen LogP contribution in [0, 0.1) is 6.92 Å². The molecular weight excluding hydrogens is 492 g/mol. The third kappa shape index (κ3) is 6.94. The van der Waals surface area contributed by atoms with Gasteiger partial charge in [-0.2, -0.15) is 0 Å². The molecule has 1 aliphatic rings. The van der Waals surface area contributed by atoms with Crippen molar-refractivity contribution in [2.24, 2.45) is 0 Å². The van der Waals surface area contributed by atoms with Crippen molar-refractivity contribution >= 4 is 12.1 Å². The zero-order valence-electron chi connectivity index (χ0n) is 22.0. The van der Waals surface area contributed by atoms with Crippen molar-refractivity contribution in [2.75, 3.05) is 0 Å². The van der Waals surface area contributed by atoms with Crippen molar-refractivity contribution in [1.82, 2.24) is 0 Å². The Kier molecular flexibility index (Phi) is 8.79. The Balaban J connectivity index is 1.84. The summed E-state index contributed by atoms with van der Waals surface area (Å²) in [7, 11) is -1.59. The Morgan fingerprint density at radius 1 is 0.889 bits per heavy atom. The maximum atomic E-state index is 7.22. The molecular formula is C32H36O2SiTi. The summed E-state index contributed by atoms with van der Waals surface area (Å²) < 4.78 is 16.0. The summed E-state index contributed by atoms with van der Waals surface area (Å²) in [5, 5.41) is 0. The number of benzene rings is 3. The number of hydrogen-bond acceptors (Lipinski definition) is 2. The van der Waals surface area contributed by atoms with Crippen LogP contribution in [0.25, 0.3) is 0 Å². The van der Waals surface area contributed by atoms with Crippen molar-refractivity contribution < 1.29 is 25.5 Å². The average Bonchev–Trinajstić information content (AvgIpc) is 3.29. The minimum absolute atomic E-state index is 0.786. The predicted octanol–water partition coefficient (Wildman–Crippen LogP) is 8.32. The van der Waals surface area contributed by atoms with Gasteiger partial charge >= 0.3 is 225 Å². The van der Waals surface area contributed by atoms with Gasteiger partial charge in [-0.1, -0.05) is 0 Å². The monoisotopic (exact) mass is 528 g/mol. The van der Waals surface area contributed by atoms with E-state index < -0.39 is 26.1 Å². The Labute approximate surface area is 223 Å². The van der Waals surface area contributed by atoms with Crippen LogP contribution in [-0.4, -0.2) is 12.1 Å². The van der Waals surface area contributed by atoms with E-state index in [4.69, 9.17) is 7.74 Å². The summed E-state index contributed by atoms with van der Waals surface area (Å²) in [6.45, 7) is 11.0. The molecule has 0 amide bonds. The quantitative estimate of drug-likeness (QED) is 0.205. The van der Waals surface area contributed by atoms with E-state index in [1.54, 1.807) is 0 Å². The molecule has 0 atom stereocenters. The Morgan fingerprint density at radius 2 is 1.53 bits per heavy atom. The van der Waals surface area contributed by atoms with Gasteiger partial charge in [0.15, 0.2) is 0 Å². The Morgan fingerprint density at radius 3 is 2.08 bits per heavy atom. The van der Waals surface area contributed by atoms with Gasteiger partial charge in [0.25, 0.3) is 0 Å². The van der Waals surface area contributed by atoms with Crippen LogP contribution >= 0.6 is 0 Å². The van der Waals surface area contributed by atoms with Crippen LogP contribution < -0.4 is 3.32 Å². The summed E-state index contributed by atoms with van der Waals surface area (Å²) in [6.07, 6.45) is 10.3. The number of rotatable bonds is 9. The van der Waals surface area contributed by atoms with E-state index in [1.165, 1.54) is 35.5 Å². The Hall–Kier alpha value is -2.72. The molecule has 184 valence electrons. The van der Waals surface area contributed by atoms with Crippen molar-refractivity contribution in [2.45, 2.75) is 46.3 Å². The van der Waals surface area contributed by atoms with Crippen molar-refractivity contribution in [3.05, 3.63) is 135 Å². The second kappa shape index (κ2) is 12.0. The van der Waals surface area contributed by atoms with Crippen LogP contribution in [0.3, 0.4) is 0 Å². The van der Waals surface area contributed by atoms with Gasteiger partial charge in [-0.3, -0.25) is 0 Å². The fraction of sp³-hybridized carbons (Fsp3) is 0.219. The topological polar surface area (TPSA) is 18.5 Å². The van der Waals surface area contributed by atoms with Gasteiger partial charge in [-0.15, -0.1) is 0 Å². The predicted molar refractivity (Wildman–Crippen MR) is 152 cm³/mol. The number of aryl methyl sites for hydroxylation is 1. The zero-order valence-corrected chi connectivity index (χ0v) is 24.6. The van der Waals surface area contributed by atoms with Crippen LogP contribution in [0.1, 0.15) is 35.6 Å². The van der Waals surface area contributed by atoms with E-state index in [2.05, 4.69) is 131 Å². The van der Waals surface area contributed by atoms with Crippen LogP contribution in [0.4, 0.5) is 0 Å². The van der Waals surface area contributed by atoms with E-state index >= 15 is 0 Å². The van der Waals surface area contributed by atoms with Gasteiger partial charge in [-0.05, 0) is 0 Å². The molecule has 0 spiro atoms. The minimum atomic E-state index is -2.44. The average molecular weight is 529 g/mol. The molecule has 2 nitrogen and oxygen atoms in total. The maximum absolute atomic E-state index is 7.22. The van der Waals surface area contributed by atoms with Gasteiger partial charge < -0.3 is 0 Å². The molecule has 36 heavy (non-hydrogen) atoms. The molecule has 0 bridgehead atoms. The number of allylic oxidation sites excluding steroid dienone is 5. The van der Waals surface area contributed by atoms with Gasteiger partial charge in [0.05, 0.1) is 0 Å². The summed E-state index contributed by atoms with van der Waals surface area (Å²) in [6, 6.07) is 28.2. The normalized spacial score (nSPS) is 13.4. The second-order valence-corrected chi connectivity index (χ2v) is 17.8. The molecule has 0 unspecified atom stereocenters. The summed E-state index contributed by atoms with van der Waals surface area (Å²) in [4.78, 5) is 0. The molecule has 0 fully saturated rings. The molecule has 3 aromatic carbocycles. The SMILES string of the molecule is CC1=[C]([Ti]([O]c2cc(C)ccc2CC=CO[Si](C)(C)C)=[C](c2ccccc2)c2ccccc2)CC=C1. The molecule has 0 saturated carbocycles. The van der Waals surface area contributed by atoms with Crippen LogP contribution in [0.2, 0.25) is 19.6 Å². The van der Waals surface area contributed by atoms with Gasteiger partial charge in [-0.25, -0.2) is 0 Å². The first-order chi connectivity index (χ1) is 17.3. The van der Waals surface area contributed by atoms with Gasteiger partial charge in [0.2, 0.25) is 0 Å². The van der Waals surface area contributed by atoms with E-state index in [9.17, 15) is 0 Å². The zero-order chi connectivity index (χ0) is 25.5. The van der Waals surface area contributed by atoms with Gasteiger partial charge in [0, 0.05) is 0 Å². The van der Waals surface area contributed by atoms with Crippen molar-refractivity contribution in [3.8, 4) is 5.75 Å². The van der Waals surface area contributed by atoms with E-state index in [0.717, 1.165) is 18.6 Å². The molecule has 0 saturated heterocycles.